The number of fused-ring (bicyclic) bond motifs is 2. The Morgan fingerprint density at radius 2 is 1.06 bits per heavy atom. The summed E-state index contributed by atoms with van der Waals surface area (Å²) in [6.45, 7) is 8.35. The van der Waals surface area contributed by atoms with Crippen molar-refractivity contribution < 1.29 is 14.4 Å². The van der Waals surface area contributed by atoms with Crippen LogP contribution in [0.25, 0.3) is 22.3 Å². The summed E-state index contributed by atoms with van der Waals surface area (Å²) < 4.78 is 4.39. The molecule has 0 atom stereocenters. The smallest absolute Gasteiger partial charge is 0.328 e. The van der Waals surface area contributed by atoms with Gasteiger partial charge in [-0.3, -0.25) is 28.7 Å². The number of hydrogen-bond donors (Lipinski definition) is 3. The number of amides is 3. The van der Waals surface area contributed by atoms with Gasteiger partial charge in [0.05, 0.1) is 17.4 Å². The molecule has 0 radical (unpaired) electrons. The Bertz CT molecular complexity index is 3320. The lowest BCUT2D eigenvalue weighted by molar-refractivity contribution is -0.131. The van der Waals surface area contributed by atoms with E-state index in [1.54, 1.807) is 65.8 Å². The second-order valence-electron chi connectivity index (χ2n) is 18.2. The van der Waals surface area contributed by atoms with Gasteiger partial charge in [-0.2, -0.15) is 23.5 Å². The van der Waals surface area contributed by atoms with Crippen LogP contribution in [0.15, 0.2) is 145 Å². The van der Waals surface area contributed by atoms with Gasteiger partial charge in [-0.05, 0) is 23.6 Å². The number of nitrogens with two attached hydrogens (primary N) is 2. The SMILES string of the molecule is C=CCN(CCSCCC(=O)N(CCSCCC(=O)N(CCSC(c1ccccc1)(c1ccccc1)c1ccccc1)CCn1cnc2c(N)ncnc21)CCn1cnc2c(N)ncnc21)C(=O)Cn1cc(C)c(=O)[nH]c1=O. The van der Waals surface area contributed by atoms with Crippen molar-refractivity contribution in [3.8, 4) is 0 Å². The van der Waals surface area contributed by atoms with Gasteiger partial charge in [0.1, 0.15) is 30.2 Å². The number of nitrogens with one attached hydrogen (secondary N) is 1. The van der Waals surface area contributed by atoms with E-state index in [4.69, 9.17) is 11.5 Å². The molecule has 3 amide bonds. The molecule has 78 heavy (non-hydrogen) atoms. The van der Waals surface area contributed by atoms with Gasteiger partial charge in [-0.1, -0.05) is 97.1 Å². The summed E-state index contributed by atoms with van der Waals surface area (Å²) >= 11 is 4.97. The quantitative estimate of drug-likeness (QED) is 0.0304. The minimum absolute atomic E-state index is 0.0124. The number of aromatic nitrogens is 10. The zero-order valence-electron chi connectivity index (χ0n) is 43.4. The molecule has 0 fully saturated rings. The minimum atomic E-state index is -0.656. The van der Waals surface area contributed by atoms with Gasteiger partial charge in [-0.15, -0.1) is 18.3 Å². The Balaban J connectivity index is 0.906. The normalized spacial score (nSPS) is 11.5. The van der Waals surface area contributed by atoms with Crippen molar-refractivity contribution in [2.24, 2.45) is 0 Å². The molecule has 8 aromatic rings. The van der Waals surface area contributed by atoms with Crippen molar-refractivity contribution in [2.75, 3.05) is 79.5 Å². The number of nitrogens with zero attached hydrogens (tertiary/aromatic N) is 12. The standard InChI is InChI=1S/C55H63N15O5S3/c1-3-21-65(46(73)35-70-34-40(2)53(74)64-54(70)75)26-31-76-29-19-44(71)66(22-24-68-38-62-47-49(56)58-36-60-51(47)68)27-32-77-30-20-45(72)67(23-25-69-39-63-48-50(57)59-37-61-52(48)69)28-33-78-55(41-13-7-4-8-14-41,42-15-9-5-10-16-42)43-17-11-6-12-18-43/h3-18,34,36-39H,1,19-33,35H2,2H3,(H2,56,58,60)(H2,57,59,61)(H,64,74,75). The van der Waals surface area contributed by atoms with Gasteiger partial charge in [-0.25, -0.2) is 34.7 Å². The molecule has 0 bridgehead atoms. The topological polar surface area (TPSA) is 255 Å². The molecule has 0 unspecified atom stereocenters. The number of carbonyl (C=O) groups is 3. The van der Waals surface area contributed by atoms with E-state index >= 15 is 0 Å². The van der Waals surface area contributed by atoms with Gasteiger partial charge in [0.2, 0.25) is 17.7 Å². The van der Waals surface area contributed by atoms with Crippen LogP contribution in [0.3, 0.4) is 0 Å². The Morgan fingerprint density at radius 3 is 1.54 bits per heavy atom. The van der Waals surface area contributed by atoms with Gasteiger partial charge in [0, 0.05) is 106 Å². The number of thioether (sulfide) groups is 3. The van der Waals surface area contributed by atoms with Crippen LogP contribution in [0.2, 0.25) is 0 Å². The van der Waals surface area contributed by atoms with E-state index in [9.17, 15) is 24.0 Å². The summed E-state index contributed by atoms with van der Waals surface area (Å²) in [5.41, 5.74) is 17.0. The highest BCUT2D eigenvalue weighted by Crippen LogP contribution is 2.48. The minimum Gasteiger partial charge on any atom is -0.382 e. The molecule has 0 saturated heterocycles. The highest BCUT2D eigenvalue weighted by molar-refractivity contribution is 8.00. The van der Waals surface area contributed by atoms with Crippen LogP contribution in [-0.4, -0.2) is 149 Å². The molecule has 0 saturated carbocycles. The summed E-state index contributed by atoms with van der Waals surface area (Å²) in [5, 5.41) is 0. The third kappa shape index (κ3) is 14.0. The lowest BCUT2D eigenvalue weighted by Crippen LogP contribution is -2.40. The molecule has 20 nitrogen and oxygen atoms in total. The number of carbonyl (C=O) groups excluding carboxylic acids is 3. The molecule has 8 rings (SSSR count). The Morgan fingerprint density at radius 1 is 0.603 bits per heavy atom. The summed E-state index contributed by atoms with van der Waals surface area (Å²) in [6, 6.07) is 31.5. The van der Waals surface area contributed by atoms with Crippen LogP contribution in [0, 0.1) is 6.92 Å². The van der Waals surface area contributed by atoms with Gasteiger partial charge >= 0.3 is 5.69 Å². The first-order valence-electron chi connectivity index (χ1n) is 25.5. The first kappa shape index (κ1) is 56.4. The first-order valence-corrected chi connectivity index (χ1v) is 28.8. The van der Waals surface area contributed by atoms with Crippen LogP contribution in [0.1, 0.15) is 35.1 Å². The van der Waals surface area contributed by atoms with E-state index in [2.05, 4.69) is 114 Å². The summed E-state index contributed by atoms with van der Waals surface area (Å²) in [6.07, 6.45) is 9.67. The molecule has 0 aliphatic carbocycles. The number of aromatic amines is 1. The lowest BCUT2D eigenvalue weighted by atomic mass is 9.84. The average Bonchev–Trinajstić information content (AvgIpc) is 4.18. The number of H-pyrrole nitrogens is 1. The van der Waals surface area contributed by atoms with Crippen LogP contribution in [0.4, 0.5) is 11.6 Å². The number of aryl methyl sites for hydroxylation is 1. The van der Waals surface area contributed by atoms with Crippen LogP contribution in [-0.2, 0) is 38.8 Å². The third-order valence-electron chi connectivity index (χ3n) is 13.1. The number of benzene rings is 3. The summed E-state index contributed by atoms with van der Waals surface area (Å²) in [4.78, 5) is 99.3. The van der Waals surface area contributed by atoms with E-state index in [1.165, 1.54) is 23.4 Å². The second-order valence-corrected chi connectivity index (χ2v) is 21.9. The molecule has 5 heterocycles. The maximum Gasteiger partial charge on any atom is 0.328 e. The van der Waals surface area contributed by atoms with Crippen LogP contribution < -0.4 is 22.7 Å². The zero-order chi connectivity index (χ0) is 54.9. The maximum absolute atomic E-state index is 14.4. The molecular weight excluding hydrogens is 1050 g/mol. The fraction of sp³-hybridized carbons (Fsp3) is 0.327. The molecular formula is C55H63N15O5S3. The predicted octanol–water partition coefficient (Wildman–Crippen LogP) is 5.33. The van der Waals surface area contributed by atoms with E-state index in [0.29, 0.717) is 108 Å². The second kappa shape index (κ2) is 27.5. The van der Waals surface area contributed by atoms with E-state index in [0.717, 1.165) is 16.7 Å². The molecule has 0 aliphatic heterocycles. The molecule has 3 aromatic carbocycles. The summed E-state index contributed by atoms with van der Waals surface area (Å²) in [7, 11) is 0. The first-order chi connectivity index (χ1) is 38.0. The Kier molecular flexibility index (Phi) is 19.9. The fourth-order valence-corrected chi connectivity index (χ4v) is 12.3. The Hall–Kier alpha value is -7.76. The van der Waals surface area contributed by atoms with E-state index < -0.39 is 16.0 Å². The van der Waals surface area contributed by atoms with E-state index in [-0.39, 0.29) is 49.5 Å². The highest BCUT2D eigenvalue weighted by Gasteiger charge is 2.37. The van der Waals surface area contributed by atoms with Crippen LogP contribution in [0.5, 0.6) is 0 Å². The monoisotopic (exact) mass is 1110 g/mol. The summed E-state index contributed by atoms with van der Waals surface area (Å²) in [5.74, 6) is 3.06. The highest BCUT2D eigenvalue weighted by atomic mass is 32.2. The maximum atomic E-state index is 14.4. The van der Waals surface area contributed by atoms with Crippen LogP contribution >= 0.6 is 35.3 Å². The zero-order valence-corrected chi connectivity index (χ0v) is 45.9. The average molecular weight is 1110 g/mol. The largest absolute Gasteiger partial charge is 0.382 e. The molecule has 23 heteroatoms. The van der Waals surface area contributed by atoms with Crippen molar-refractivity contribution >= 4 is 87.0 Å². The number of rotatable bonds is 29. The van der Waals surface area contributed by atoms with Gasteiger partial charge in [0.15, 0.2) is 22.9 Å². The molecule has 0 aliphatic rings. The lowest BCUT2D eigenvalue weighted by Gasteiger charge is -2.36. The van der Waals surface area contributed by atoms with Crippen molar-refractivity contribution in [2.45, 2.75) is 44.1 Å². The van der Waals surface area contributed by atoms with Crippen molar-refractivity contribution in [3.63, 3.8) is 0 Å². The molecule has 5 N–H and O–H groups in total. The van der Waals surface area contributed by atoms with E-state index in [1.807, 2.05) is 37.1 Å². The molecule has 5 aromatic heterocycles. The third-order valence-corrected chi connectivity index (χ3v) is 16.6. The number of imidazole rings is 2. The fourth-order valence-electron chi connectivity index (χ4n) is 9.03. The Labute approximate surface area is 464 Å². The van der Waals surface area contributed by atoms with Crippen molar-refractivity contribution in [1.82, 2.24) is 63.3 Å². The van der Waals surface area contributed by atoms with Crippen molar-refractivity contribution in [3.05, 3.63) is 178 Å². The number of anilines is 2. The number of nitrogen functional groups attached to an aromatic ring is 2. The van der Waals surface area contributed by atoms with Gasteiger partial charge in [0.25, 0.3) is 5.56 Å². The van der Waals surface area contributed by atoms with Gasteiger partial charge < -0.3 is 35.3 Å². The number of hydrogen-bond acceptors (Lipinski definition) is 16. The predicted molar refractivity (Wildman–Crippen MR) is 311 cm³/mol. The molecule has 406 valence electrons. The molecule has 0 spiro atoms. The van der Waals surface area contributed by atoms with Crippen molar-refractivity contribution in [1.29, 1.82) is 0 Å².